The average molecular weight is 277 g/mol. The Kier molecular flexibility index (Phi) is 3.07. The summed E-state index contributed by atoms with van der Waals surface area (Å²) in [5, 5.41) is 8.85. The minimum Gasteiger partial charge on any atom is -0.481 e. The van der Waals surface area contributed by atoms with Gasteiger partial charge in [0, 0.05) is 13.0 Å². The number of hydrogen-bond acceptors (Lipinski definition) is 3. The van der Waals surface area contributed by atoms with Crippen LogP contribution in [0.25, 0.3) is 0 Å². The first kappa shape index (κ1) is 13.2. The van der Waals surface area contributed by atoms with Crippen LogP contribution in [-0.2, 0) is 16.1 Å². The monoisotopic (exact) mass is 277 g/mol. The second-order valence-electron chi connectivity index (χ2n) is 6.10. The number of aliphatic carboxylic acids is 1. The van der Waals surface area contributed by atoms with Gasteiger partial charge in [0.2, 0.25) is 5.91 Å². The smallest absolute Gasteiger partial charge is 0.307 e. The third-order valence-electron chi connectivity index (χ3n) is 4.35. The normalized spacial score (nSPS) is 30.9. The summed E-state index contributed by atoms with van der Waals surface area (Å²) in [5.74, 6) is 1.17. The Balaban J connectivity index is 1.56. The number of carboxylic acid groups (broad SMARTS) is 1. The van der Waals surface area contributed by atoms with Gasteiger partial charge in [-0.15, -0.1) is 0 Å². The van der Waals surface area contributed by atoms with Gasteiger partial charge in [-0.25, -0.2) is 0 Å². The van der Waals surface area contributed by atoms with Crippen molar-refractivity contribution in [2.75, 3.05) is 7.05 Å². The van der Waals surface area contributed by atoms with Gasteiger partial charge in [0.05, 0.1) is 18.4 Å². The Hall–Kier alpha value is -1.78. The minimum atomic E-state index is -0.875. The van der Waals surface area contributed by atoms with Crippen molar-refractivity contribution >= 4 is 11.9 Å². The van der Waals surface area contributed by atoms with Crippen LogP contribution in [0.1, 0.15) is 37.2 Å². The van der Waals surface area contributed by atoms with Crippen LogP contribution in [0.5, 0.6) is 0 Å². The molecule has 2 unspecified atom stereocenters. The lowest BCUT2D eigenvalue weighted by Crippen LogP contribution is -2.28. The van der Waals surface area contributed by atoms with Gasteiger partial charge < -0.3 is 14.4 Å². The summed E-state index contributed by atoms with van der Waals surface area (Å²) in [6.07, 6.45) is 1.63. The Bertz CT molecular complexity index is 550. The highest BCUT2D eigenvalue weighted by atomic mass is 16.4. The minimum absolute atomic E-state index is 0.102. The zero-order valence-corrected chi connectivity index (χ0v) is 11.7. The summed E-state index contributed by atoms with van der Waals surface area (Å²) in [6.45, 7) is 2.60. The lowest BCUT2D eigenvalue weighted by molar-refractivity contribution is -0.141. The van der Waals surface area contributed by atoms with Crippen molar-refractivity contribution in [3.63, 3.8) is 0 Å². The van der Waals surface area contributed by atoms with E-state index in [1.54, 1.807) is 11.9 Å². The van der Waals surface area contributed by atoms with Crippen molar-refractivity contribution in [2.24, 2.45) is 17.8 Å². The zero-order chi connectivity index (χ0) is 14.4. The van der Waals surface area contributed by atoms with E-state index in [1.165, 1.54) is 6.42 Å². The second-order valence-corrected chi connectivity index (χ2v) is 6.10. The highest BCUT2D eigenvalue weighted by molar-refractivity contribution is 5.89. The van der Waals surface area contributed by atoms with Crippen molar-refractivity contribution in [2.45, 2.75) is 32.2 Å². The van der Waals surface area contributed by atoms with Gasteiger partial charge in [0.1, 0.15) is 11.5 Å². The molecule has 0 saturated heterocycles. The quantitative estimate of drug-likeness (QED) is 0.894. The van der Waals surface area contributed by atoms with Crippen molar-refractivity contribution < 1.29 is 19.1 Å². The molecule has 0 aliphatic heterocycles. The Morgan fingerprint density at radius 1 is 1.35 bits per heavy atom. The molecule has 5 heteroatoms. The van der Waals surface area contributed by atoms with E-state index in [0.717, 1.165) is 11.5 Å². The van der Waals surface area contributed by atoms with Crippen molar-refractivity contribution in [3.05, 3.63) is 23.7 Å². The molecule has 3 rings (SSSR count). The predicted molar refractivity (Wildman–Crippen MR) is 70.9 cm³/mol. The number of carbonyl (C=O) groups excluding carboxylic acids is 1. The van der Waals surface area contributed by atoms with Crippen LogP contribution in [0.3, 0.4) is 0 Å². The molecule has 20 heavy (non-hydrogen) atoms. The Morgan fingerprint density at radius 3 is 2.60 bits per heavy atom. The van der Waals surface area contributed by atoms with Gasteiger partial charge in [-0.1, -0.05) is 6.92 Å². The largest absolute Gasteiger partial charge is 0.481 e. The lowest BCUT2D eigenvalue weighted by atomic mass is 10.2. The van der Waals surface area contributed by atoms with E-state index in [2.05, 4.69) is 6.92 Å². The molecule has 0 aromatic carbocycles. The molecule has 2 aliphatic carbocycles. The molecule has 108 valence electrons. The van der Waals surface area contributed by atoms with E-state index in [9.17, 15) is 9.59 Å². The molecule has 1 heterocycles. The van der Waals surface area contributed by atoms with E-state index < -0.39 is 11.9 Å². The van der Waals surface area contributed by atoms with Crippen LogP contribution in [0.4, 0.5) is 0 Å². The molecule has 0 spiro atoms. The maximum atomic E-state index is 12.1. The van der Waals surface area contributed by atoms with Crippen LogP contribution in [0.15, 0.2) is 16.5 Å². The maximum Gasteiger partial charge on any atom is 0.307 e. The molecule has 4 atom stereocenters. The molecule has 2 saturated carbocycles. The molecule has 1 amide bonds. The number of nitrogens with zero attached hydrogens (tertiary/aromatic N) is 1. The van der Waals surface area contributed by atoms with E-state index in [-0.39, 0.29) is 11.8 Å². The first-order valence-electron chi connectivity index (χ1n) is 7.03. The molecular formula is C15H19NO4. The zero-order valence-electron chi connectivity index (χ0n) is 11.7. The molecule has 1 aromatic rings. The summed E-state index contributed by atoms with van der Waals surface area (Å²) < 4.78 is 5.76. The highest BCUT2D eigenvalue weighted by Crippen LogP contribution is 2.47. The van der Waals surface area contributed by atoms with Gasteiger partial charge in [-0.3, -0.25) is 9.59 Å². The van der Waals surface area contributed by atoms with Crippen molar-refractivity contribution in [1.82, 2.24) is 4.90 Å². The third kappa shape index (κ3) is 2.44. The first-order chi connectivity index (χ1) is 9.47. The van der Waals surface area contributed by atoms with Gasteiger partial charge >= 0.3 is 5.97 Å². The predicted octanol–water partition coefficient (Wildman–Crippen LogP) is 2.08. The summed E-state index contributed by atoms with van der Waals surface area (Å²) in [4.78, 5) is 24.4. The second kappa shape index (κ2) is 4.65. The highest BCUT2D eigenvalue weighted by Gasteiger charge is 2.49. The molecule has 0 radical (unpaired) electrons. The fraction of sp³-hybridized carbons (Fsp3) is 0.600. The summed E-state index contributed by atoms with van der Waals surface area (Å²) in [7, 11) is 1.70. The van der Waals surface area contributed by atoms with E-state index >= 15 is 0 Å². The van der Waals surface area contributed by atoms with Crippen LogP contribution in [-0.4, -0.2) is 28.9 Å². The fourth-order valence-electron chi connectivity index (χ4n) is 2.73. The number of hydrogen-bond donors (Lipinski definition) is 1. The standard InChI is InChI=1S/C15H19NO4/c1-8-5-10(8)13-4-3-9(20-13)7-16(2)14(17)11-6-12(11)15(18)19/h3-4,8,10-12H,5-7H2,1-2H3,(H,18,19)/t8?,10?,11-,12+/m1/s1. The van der Waals surface area contributed by atoms with E-state index in [0.29, 0.717) is 24.8 Å². The topological polar surface area (TPSA) is 70.8 Å². The van der Waals surface area contributed by atoms with E-state index in [1.807, 2.05) is 12.1 Å². The van der Waals surface area contributed by atoms with Crippen LogP contribution < -0.4 is 0 Å². The van der Waals surface area contributed by atoms with Crippen molar-refractivity contribution in [1.29, 1.82) is 0 Å². The summed E-state index contributed by atoms with van der Waals surface area (Å²) in [5.41, 5.74) is 0. The van der Waals surface area contributed by atoms with Crippen LogP contribution >= 0.6 is 0 Å². The van der Waals surface area contributed by atoms with Gasteiger partial charge in [0.15, 0.2) is 0 Å². The number of furan rings is 1. The number of amides is 1. The molecular weight excluding hydrogens is 258 g/mol. The SMILES string of the molecule is CC1CC1c1ccc(CN(C)C(=O)[C@@H]2C[C@@H]2C(=O)O)o1. The summed E-state index contributed by atoms with van der Waals surface area (Å²) in [6, 6.07) is 3.89. The maximum absolute atomic E-state index is 12.1. The van der Waals surface area contributed by atoms with Crippen LogP contribution in [0, 0.1) is 17.8 Å². The molecule has 2 fully saturated rings. The molecule has 1 N–H and O–H groups in total. The lowest BCUT2D eigenvalue weighted by Gasteiger charge is -2.15. The summed E-state index contributed by atoms with van der Waals surface area (Å²) >= 11 is 0. The van der Waals surface area contributed by atoms with Gasteiger partial charge in [-0.05, 0) is 30.9 Å². The van der Waals surface area contributed by atoms with Gasteiger partial charge in [-0.2, -0.15) is 0 Å². The average Bonchev–Trinajstić information content (AvgIpc) is 3.28. The fourth-order valence-corrected chi connectivity index (χ4v) is 2.73. The Morgan fingerprint density at radius 2 is 2.05 bits per heavy atom. The number of carbonyl (C=O) groups is 2. The van der Waals surface area contributed by atoms with Crippen molar-refractivity contribution in [3.8, 4) is 0 Å². The number of carboxylic acids is 1. The van der Waals surface area contributed by atoms with Crippen LogP contribution in [0.2, 0.25) is 0 Å². The molecule has 5 nitrogen and oxygen atoms in total. The third-order valence-corrected chi connectivity index (χ3v) is 4.35. The number of rotatable bonds is 5. The molecule has 2 aliphatic rings. The molecule has 0 bridgehead atoms. The first-order valence-corrected chi connectivity index (χ1v) is 7.03. The van der Waals surface area contributed by atoms with E-state index in [4.69, 9.17) is 9.52 Å². The van der Waals surface area contributed by atoms with Gasteiger partial charge in [0.25, 0.3) is 0 Å². The molecule has 1 aromatic heterocycles. The Labute approximate surface area is 117 Å².